The van der Waals surface area contributed by atoms with Gasteiger partial charge in [-0.2, -0.15) is 22.0 Å². The number of nitrogens with zero attached hydrogens (tertiary/aromatic N) is 1. The first-order chi connectivity index (χ1) is 14.2. The van der Waals surface area contributed by atoms with Crippen LogP contribution in [0.2, 0.25) is 0 Å². The van der Waals surface area contributed by atoms with Gasteiger partial charge in [0.15, 0.2) is 11.5 Å². The molecule has 2 N–H and O–H groups in total. The lowest BCUT2D eigenvalue weighted by Gasteiger charge is -2.19. The van der Waals surface area contributed by atoms with E-state index in [9.17, 15) is 41.0 Å². The van der Waals surface area contributed by atoms with E-state index in [1.165, 1.54) is 6.92 Å². The number of thiophene rings is 1. The van der Waals surface area contributed by atoms with Crippen LogP contribution in [-0.4, -0.2) is 39.1 Å². The number of thioether (sulfide) groups is 1. The second-order valence-corrected chi connectivity index (χ2v) is 8.80. The lowest BCUT2D eigenvalue weighted by atomic mass is 9.85. The van der Waals surface area contributed by atoms with Gasteiger partial charge < -0.3 is 10.2 Å². The molecule has 1 aromatic heterocycles. The predicted octanol–water partition coefficient (Wildman–Crippen LogP) is 5.82. The number of aliphatic imine (C=N–C) groups is 1. The molecule has 0 saturated carbocycles. The highest BCUT2D eigenvalue weighted by Crippen LogP contribution is 2.49. The molecule has 2 aliphatic rings. The van der Waals surface area contributed by atoms with Gasteiger partial charge in [0.05, 0.1) is 21.9 Å². The molecule has 1 aliphatic carbocycles. The molecule has 0 spiro atoms. The Hall–Kier alpha value is -2.54. The van der Waals surface area contributed by atoms with E-state index in [4.69, 9.17) is 5.11 Å². The van der Waals surface area contributed by atoms with E-state index in [2.05, 4.69) is 4.99 Å². The third-order valence-electron chi connectivity index (χ3n) is 4.35. The Kier molecular flexibility index (Phi) is 5.86. The normalized spacial score (nSPS) is 17.3. The summed E-state index contributed by atoms with van der Waals surface area (Å²) >= 11 is -0.364. The zero-order chi connectivity index (χ0) is 23.3. The zero-order valence-corrected chi connectivity index (χ0v) is 16.9. The Morgan fingerprint density at radius 1 is 1.26 bits per heavy atom. The largest absolute Gasteiger partial charge is 0.505 e. The molecule has 0 fully saturated rings. The lowest BCUT2D eigenvalue weighted by Crippen LogP contribution is -2.32. The molecule has 2 heterocycles. The van der Waals surface area contributed by atoms with Gasteiger partial charge in [0.2, 0.25) is 0 Å². The van der Waals surface area contributed by atoms with Gasteiger partial charge >= 0.3 is 17.4 Å². The Labute approximate surface area is 178 Å². The van der Waals surface area contributed by atoms with Gasteiger partial charge in [-0.25, -0.2) is 4.39 Å². The van der Waals surface area contributed by atoms with E-state index in [0.717, 1.165) is 11.4 Å². The van der Waals surface area contributed by atoms with E-state index in [-0.39, 0.29) is 28.1 Å². The minimum absolute atomic E-state index is 0.0147. The number of rotatable bonds is 6. The molecule has 0 saturated heterocycles. The number of carbonyl (C=O) groups is 2. The molecule has 0 amide bonds. The van der Waals surface area contributed by atoms with Crippen LogP contribution in [0, 0.1) is 0 Å². The van der Waals surface area contributed by atoms with E-state index in [1.54, 1.807) is 0 Å². The molecule has 13 heteroatoms. The maximum atomic E-state index is 14.2. The van der Waals surface area contributed by atoms with Crippen molar-refractivity contribution in [2.45, 2.75) is 35.4 Å². The van der Waals surface area contributed by atoms with Crippen molar-refractivity contribution >= 4 is 40.6 Å². The highest BCUT2D eigenvalue weighted by Gasteiger charge is 2.58. The molecule has 5 nitrogen and oxygen atoms in total. The van der Waals surface area contributed by atoms with Crippen LogP contribution in [0.1, 0.15) is 30.1 Å². The number of aliphatic carboxylic acids is 1. The summed E-state index contributed by atoms with van der Waals surface area (Å²) in [5, 5.41) is 15.2. The quantitative estimate of drug-likeness (QED) is 0.303. The van der Waals surface area contributed by atoms with E-state index < -0.39 is 69.2 Å². The molecule has 166 valence electrons. The minimum atomic E-state index is -5.81. The van der Waals surface area contributed by atoms with Gasteiger partial charge in [-0.1, -0.05) is 0 Å². The average molecular weight is 483 g/mol. The summed E-state index contributed by atoms with van der Waals surface area (Å²) in [7, 11) is 0. The average Bonchev–Trinajstić information content (AvgIpc) is 3.19. The van der Waals surface area contributed by atoms with E-state index in [0.29, 0.717) is 11.3 Å². The number of carboxylic acid groups (broad SMARTS) is 1. The molecule has 0 bridgehead atoms. The van der Waals surface area contributed by atoms with Crippen molar-refractivity contribution in [2.75, 3.05) is 0 Å². The first-order valence-corrected chi connectivity index (χ1v) is 10.0. The number of hydrogen-bond acceptors (Lipinski definition) is 6. The Morgan fingerprint density at radius 3 is 2.48 bits per heavy atom. The number of carboxylic acids is 1. The number of aliphatic hydroxyl groups is 1. The monoisotopic (exact) mass is 483 g/mol. The van der Waals surface area contributed by atoms with Crippen LogP contribution >= 0.6 is 23.1 Å². The highest BCUT2D eigenvalue weighted by atomic mass is 32.2. The third kappa shape index (κ3) is 4.28. The van der Waals surface area contributed by atoms with Crippen molar-refractivity contribution in [1.82, 2.24) is 0 Å². The summed E-state index contributed by atoms with van der Waals surface area (Å²) in [5.74, 6) is -4.50. The van der Waals surface area contributed by atoms with Gasteiger partial charge in [-0.15, -0.1) is 11.3 Å². The van der Waals surface area contributed by atoms with Crippen molar-refractivity contribution in [3.8, 4) is 0 Å². The highest BCUT2D eigenvalue weighted by molar-refractivity contribution is 8.02. The fraction of sp³-hybridized carbons (Fsp3) is 0.278. The van der Waals surface area contributed by atoms with Crippen LogP contribution in [0.15, 0.2) is 54.7 Å². The number of alkyl halides is 5. The van der Waals surface area contributed by atoms with Gasteiger partial charge in [0.25, 0.3) is 0 Å². The van der Waals surface area contributed by atoms with Crippen molar-refractivity contribution < 1.29 is 46.1 Å². The fourth-order valence-corrected chi connectivity index (χ4v) is 4.81. The van der Waals surface area contributed by atoms with Crippen LogP contribution in [0.5, 0.6) is 0 Å². The number of Topliss-reactive ketones (excluding diaryl/α,β-unsaturated/α-hetero) is 1. The molecule has 1 aliphatic heterocycles. The second kappa shape index (κ2) is 7.86. The van der Waals surface area contributed by atoms with Crippen LogP contribution in [-0.2, 0) is 4.79 Å². The molecular weight excluding hydrogens is 472 g/mol. The van der Waals surface area contributed by atoms with Crippen molar-refractivity contribution in [3.63, 3.8) is 0 Å². The SMILES string of the molecule is CC1=C(CC(=O)O)C2=C(C(=O)c3csc(SC(F)(F)C(F)(F)F)c3)C(O)=C(F)CC2=N1. The smallest absolute Gasteiger partial charge is 0.464 e. The van der Waals surface area contributed by atoms with Crippen LogP contribution in [0.4, 0.5) is 26.3 Å². The zero-order valence-electron chi connectivity index (χ0n) is 15.3. The lowest BCUT2D eigenvalue weighted by molar-refractivity contribution is -0.237. The van der Waals surface area contributed by atoms with Crippen LogP contribution in [0.3, 0.4) is 0 Å². The Bertz CT molecular complexity index is 1110. The number of fused-ring (bicyclic) bond motifs is 1. The van der Waals surface area contributed by atoms with Crippen LogP contribution < -0.4 is 0 Å². The molecule has 3 rings (SSSR count). The molecule has 1 aromatic rings. The molecule has 31 heavy (non-hydrogen) atoms. The number of ketones is 1. The van der Waals surface area contributed by atoms with Gasteiger partial charge in [0.1, 0.15) is 5.83 Å². The van der Waals surface area contributed by atoms with Gasteiger partial charge in [0, 0.05) is 28.6 Å². The summed E-state index contributed by atoms with van der Waals surface area (Å²) in [6.07, 6.45) is -6.88. The number of aliphatic hydroxyl groups excluding tert-OH is 1. The number of hydrogen-bond donors (Lipinski definition) is 2. The van der Waals surface area contributed by atoms with Gasteiger partial charge in [-0.3, -0.25) is 14.6 Å². The summed E-state index contributed by atoms with van der Waals surface area (Å²) in [5.41, 5.74) is -0.782. The predicted molar refractivity (Wildman–Crippen MR) is 100 cm³/mol. The summed E-state index contributed by atoms with van der Waals surface area (Å²) in [6.45, 7) is 1.44. The van der Waals surface area contributed by atoms with Gasteiger partial charge in [-0.05, 0) is 30.3 Å². The standard InChI is InChI=1S/C18H11F6NO4S2/c1-6-8(3-11(26)27)13-10(25-6)4-9(19)16(29)14(13)15(28)7-2-12(30-5-7)31-18(23,24)17(20,21)22/h2,5,29H,3-4H2,1H3,(H,26,27). The maximum absolute atomic E-state index is 14.2. The molecular formula is C18H11F6NO4S2. The number of halogens is 6. The first-order valence-electron chi connectivity index (χ1n) is 8.31. The van der Waals surface area contributed by atoms with Crippen LogP contribution in [0.25, 0.3) is 0 Å². The Balaban J connectivity index is 2.03. The Morgan fingerprint density at radius 2 is 1.90 bits per heavy atom. The van der Waals surface area contributed by atoms with E-state index >= 15 is 0 Å². The molecule has 0 atom stereocenters. The second-order valence-electron chi connectivity index (χ2n) is 6.47. The molecule has 0 radical (unpaired) electrons. The fourth-order valence-electron chi connectivity index (χ4n) is 3.00. The van der Waals surface area contributed by atoms with E-state index in [1.807, 2.05) is 0 Å². The molecule has 0 aromatic carbocycles. The van der Waals surface area contributed by atoms with Crippen molar-refractivity contribution in [1.29, 1.82) is 0 Å². The third-order valence-corrected chi connectivity index (χ3v) is 6.42. The van der Waals surface area contributed by atoms with Crippen molar-refractivity contribution in [3.05, 3.63) is 51.0 Å². The minimum Gasteiger partial charge on any atom is -0.505 e. The van der Waals surface area contributed by atoms with Crippen molar-refractivity contribution in [2.24, 2.45) is 4.99 Å². The topological polar surface area (TPSA) is 87.0 Å². The summed E-state index contributed by atoms with van der Waals surface area (Å²) in [6, 6.07) is 0.768. The maximum Gasteiger partial charge on any atom is 0.464 e. The summed E-state index contributed by atoms with van der Waals surface area (Å²) in [4.78, 5) is 28.2. The first kappa shape index (κ1) is 23.1. The summed E-state index contributed by atoms with van der Waals surface area (Å²) < 4.78 is 77.4. The molecule has 0 unspecified atom stereocenters. The number of allylic oxidation sites excluding steroid dienone is 4. The number of carbonyl (C=O) groups excluding carboxylic acids is 1.